The van der Waals surface area contributed by atoms with Crippen molar-refractivity contribution in [2.45, 2.75) is 0 Å². The zero-order valence-electron chi connectivity index (χ0n) is 7.91. The molecule has 1 aromatic heterocycles. The quantitative estimate of drug-likeness (QED) is 0.500. The molecule has 1 nitrogen and oxygen atoms in total. The minimum Gasteiger partial charge on any atom is -0.343 e. The second-order valence-corrected chi connectivity index (χ2v) is 3.44. The van der Waals surface area contributed by atoms with E-state index in [0.29, 0.717) is 0 Å². The zero-order valence-corrected chi connectivity index (χ0v) is 7.91. The minimum absolute atomic E-state index is 1.16. The smallest absolute Gasteiger partial charge is 0.0580 e. The van der Waals surface area contributed by atoms with Crippen LogP contribution in [0.3, 0.4) is 0 Å². The molecule has 14 heavy (non-hydrogen) atoms. The maximum Gasteiger partial charge on any atom is 0.0580 e. The van der Waals surface area contributed by atoms with E-state index in [1.807, 2.05) is 6.07 Å². The number of benzene rings is 1. The van der Waals surface area contributed by atoms with Crippen molar-refractivity contribution in [1.29, 1.82) is 0 Å². The molecule has 0 aliphatic rings. The van der Waals surface area contributed by atoms with Crippen LogP contribution in [0.25, 0.3) is 21.8 Å². The monoisotopic (exact) mass is 179 g/mol. The average molecular weight is 179 g/mol. The van der Waals surface area contributed by atoms with Gasteiger partial charge in [-0.1, -0.05) is 30.3 Å². The van der Waals surface area contributed by atoms with Crippen molar-refractivity contribution < 1.29 is 0 Å². The lowest BCUT2D eigenvalue weighted by molar-refractivity contribution is 1.01. The van der Waals surface area contributed by atoms with Crippen molar-refractivity contribution >= 4 is 21.8 Å². The fourth-order valence-electron chi connectivity index (χ4n) is 1.97. The van der Waals surface area contributed by atoms with Gasteiger partial charge in [-0.3, -0.25) is 0 Å². The summed E-state index contributed by atoms with van der Waals surface area (Å²) >= 11 is 0. The van der Waals surface area contributed by atoms with Crippen LogP contribution in [0.2, 0.25) is 0 Å². The molecule has 0 amide bonds. The number of aromatic nitrogens is 1. The summed E-state index contributed by atoms with van der Waals surface area (Å²) in [5.74, 6) is 0. The van der Waals surface area contributed by atoms with Gasteiger partial charge in [-0.15, -0.1) is 0 Å². The van der Waals surface area contributed by atoms with Crippen molar-refractivity contribution in [1.82, 2.24) is 4.57 Å². The summed E-state index contributed by atoms with van der Waals surface area (Å²) in [7, 11) is 2.08. The van der Waals surface area contributed by atoms with Crippen LogP contribution in [-0.4, -0.2) is 4.57 Å². The normalized spacial score (nSPS) is 10.6. The van der Waals surface area contributed by atoms with Crippen LogP contribution in [0, 0.1) is 12.1 Å². The Balaban J connectivity index is 2.69. The molecule has 66 valence electrons. The summed E-state index contributed by atoms with van der Waals surface area (Å²) < 4.78 is 2.19. The van der Waals surface area contributed by atoms with Gasteiger partial charge in [0.1, 0.15) is 0 Å². The third-order valence-corrected chi connectivity index (χ3v) is 2.67. The first kappa shape index (κ1) is 7.46. The molecule has 0 aliphatic heterocycles. The maximum atomic E-state index is 3.17. The molecule has 0 atom stereocenters. The first-order valence-corrected chi connectivity index (χ1v) is 4.63. The Kier molecular flexibility index (Phi) is 1.35. The van der Waals surface area contributed by atoms with Gasteiger partial charge in [-0.05, 0) is 18.2 Å². The third kappa shape index (κ3) is 0.803. The summed E-state index contributed by atoms with van der Waals surface area (Å²) in [5, 5.41) is 2.41. The van der Waals surface area contributed by atoms with Gasteiger partial charge in [-0.2, -0.15) is 0 Å². The molecule has 0 saturated heterocycles. The molecular weight excluding hydrogens is 170 g/mol. The Morgan fingerprint density at radius 3 is 2.86 bits per heavy atom. The van der Waals surface area contributed by atoms with E-state index in [1.165, 1.54) is 16.4 Å². The van der Waals surface area contributed by atoms with Crippen molar-refractivity contribution in [3.05, 3.63) is 48.5 Å². The predicted octanol–water partition coefficient (Wildman–Crippen LogP) is 2.93. The Labute approximate surface area is 82.6 Å². The van der Waals surface area contributed by atoms with Crippen LogP contribution in [0.1, 0.15) is 0 Å². The van der Waals surface area contributed by atoms with E-state index >= 15 is 0 Å². The standard InChI is InChI=1S/C13H9N/c1-14-12-8-4-2-6-10(12)11-7-3-5-9-13(11)14/h2,4-6,8-9H,1H3. The highest BCUT2D eigenvalue weighted by molar-refractivity contribution is 6.06. The van der Waals surface area contributed by atoms with E-state index in [-0.39, 0.29) is 0 Å². The predicted molar refractivity (Wildman–Crippen MR) is 58.1 cm³/mol. The highest BCUT2D eigenvalue weighted by atomic mass is 14.9. The topological polar surface area (TPSA) is 4.93 Å². The molecule has 0 unspecified atom stereocenters. The summed E-state index contributed by atoms with van der Waals surface area (Å²) in [6.07, 6.45) is 0. The second-order valence-electron chi connectivity index (χ2n) is 3.44. The van der Waals surface area contributed by atoms with Crippen molar-refractivity contribution in [2.75, 3.05) is 0 Å². The fourth-order valence-corrected chi connectivity index (χ4v) is 1.97. The summed E-state index contributed by atoms with van der Waals surface area (Å²) in [4.78, 5) is 0. The molecule has 3 aromatic rings. The van der Waals surface area contributed by atoms with Crippen LogP contribution in [0.5, 0.6) is 0 Å². The van der Waals surface area contributed by atoms with E-state index in [4.69, 9.17) is 0 Å². The summed E-state index contributed by atoms with van der Waals surface area (Å²) in [6.45, 7) is 0. The van der Waals surface area contributed by atoms with Gasteiger partial charge in [0, 0.05) is 18.0 Å². The van der Waals surface area contributed by atoms with Crippen molar-refractivity contribution in [2.24, 2.45) is 7.05 Å². The lowest BCUT2D eigenvalue weighted by Crippen LogP contribution is -1.84. The Bertz CT molecular complexity index is 551. The van der Waals surface area contributed by atoms with Gasteiger partial charge >= 0.3 is 0 Å². The number of fused-ring (bicyclic) bond motifs is 3. The van der Waals surface area contributed by atoms with Crippen LogP contribution in [-0.2, 0) is 7.05 Å². The van der Waals surface area contributed by atoms with Gasteiger partial charge in [0.05, 0.1) is 10.9 Å². The minimum atomic E-state index is 1.16. The van der Waals surface area contributed by atoms with E-state index in [9.17, 15) is 0 Å². The van der Waals surface area contributed by atoms with Gasteiger partial charge in [0.25, 0.3) is 0 Å². The average Bonchev–Trinajstić information content (AvgIpc) is 2.55. The number of nitrogens with zero attached hydrogens (tertiary/aromatic N) is 1. The highest BCUT2D eigenvalue weighted by Crippen LogP contribution is 2.25. The van der Waals surface area contributed by atoms with E-state index in [1.54, 1.807) is 0 Å². The fraction of sp³-hybridized carbons (Fsp3) is 0.0769. The van der Waals surface area contributed by atoms with E-state index in [2.05, 4.69) is 54.1 Å². The molecule has 0 radical (unpaired) electrons. The molecule has 0 bridgehead atoms. The number of hydrogen-bond acceptors (Lipinski definition) is 0. The first-order valence-electron chi connectivity index (χ1n) is 4.63. The van der Waals surface area contributed by atoms with Gasteiger partial charge in [-0.25, -0.2) is 0 Å². The van der Waals surface area contributed by atoms with Crippen LogP contribution in [0.15, 0.2) is 36.4 Å². The molecular formula is C13H9N. The van der Waals surface area contributed by atoms with Crippen molar-refractivity contribution in [3.63, 3.8) is 0 Å². The highest BCUT2D eigenvalue weighted by Gasteiger charge is 2.04. The Morgan fingerprint density at radius 2 is 1.93 bits per heavy atom. The largest absolute Gasteiger partial charge is 0.343 e. The number of rotatable bonds is 0. The SMILES string of the molecule is Cn1c2ccc#cc2c2ccccc21. The Hall–Kier alpha value is -1.94. The molecule has 1 heteroatoms. The van der Waals surface area contributed by atoms with E-state index in [0.717, 1.165) is 5.39 Å². The molecule has 3 rings (SSSR count). The molecule has 0 aliphatic carbocycles. The molecule has 2 aromatic carbocycles. The molecule has 0 saturated carbocycles. The Morgan fingerprint density at radius 1 is 1.07 bits per heavy atom. The molecule has 0 N–H and O–H groups in total. The lowest BCUT2D eigenvalue weighted by atomic mass is 10.2. The summed E-state index contributed by atoms with van der Waals surface area (Å²) in [5.41, 5.74) is 2.46. The van der Waals surface area contributed by atoms with Crippen LogP contribution < -0.4 is 0 Å². The van der Waals surface area contributed by atoms with Gasteiger partial charge < -0.3 is 4.57 Å². The second kappa shape index (κ2) is 2.52. The number of aryl methyl sites for hydroxylation is 1. The molecule has 0 spiro atoms. The summed E-state index contributed by atoms with van der Waals surface area (Å²) in [6, 6.07) is 18.5. The zero-order chi connectivity index (χ0) is 9.54. The van der Waals surface area contributed by atoms with E-state index < -0.39 is 0 Å². The van der Waals surface area contributed by atoms with Crippen LogP contribution >= 0.6 is 0 Å². The number of para-hydroxylation sites is 1. The van der Waals surface area contributed by atoms with Crippen LogP contribution in [0.4, 0.5) is 0 Å². The van der Waals surface area contributed by atoms with Gasteiger partial charge in [0.15, 0.2) is 0 Å². The lowest BCUT2D eigenvalue weighted by Gasteiger charge is -1.94. The maximum absolute atomic E-state index is 3.17. The molecule has 1 heterocycles. The number of hydrogen-bond donors (Lipinski definition) is 0. The third-order valence-electron chi connectivity index (χ3n) is 2.67. The van der Waals surface area contributed by atoms with Gasteiger partial charge in [0.2, 0.25) is 0 Å². The molecule has 0 fully saturated rings. The van der Waals surface area contributed by atoms with Crippen molar-refractivity contribution in [3.8, 4) is 0 Å². The first-order chi connectivity index (χ1) is 6.88.